The van der Waals surface area contributed by atoms with Gasteiger partial charge in [0.25, 0.3) is 11.7 Å². The summed E-state index contributed by atoms with van der Waals surface area (Å²) in [7, 11) is 0. The van der Waals surface area contributed by atoms with Gasteiger partial charge in [0.1, 0.15) is 11.6 Å². The molecule has 1 atom stereocenters. The number of carbonyl (C=O) groups is 3. The summed E-state index contributed by atoms with van der Waals surface area (Å²) in [4.78, 5) is 41.3. The molecule has 28 heavy (non-hydrogen) atoms. The molecule has 1 amide bonds. The number of hydrogen-bond donors (Lipinski definition) is 2. The third kappa shape index (κ3) is 3.75. The van der Waals surface area contributed by atoms with Crippen LogP contribution in [0.15, 0.2) is 54.4 Å². The Bertz CT molecular complexity index is 941. The maximum Gasteiger partial charge on any atom is 0.303 e. The fraction of sp³-hybridized carbons (Fsp3) is 0.200. The van der Waals surface area contributed by atoms with Crippen LogP contribution < -0.4 is 0 Å². The maximum atomic E-state index is 13.2. The zero-order valence-corrected chi connectivity index (χ0v) is 14.7. The van der Waals surface area contributed by atoms with E-state index in [-0.39, 0.29) is 30.5 Å². The van der Waals surface area contributed by atoms with Crippen LogP contribution >= 0.6 is 0 Å². The first-order valence-electron chi connectivity index (χ1n) is 8.56. The number of hydrogen-bond acceptors (Lipinski definition) is 5. The second kappa shape index (κ2) is 7.99. The number of Topliss-reactive ketones (excluding diaryl/α,β-unsaturated/α-hetero) is 1. The highest BCUT2D eigenvalue weighted by Crippen LogP contribution is 2.39. The summed E-state index contributed by atoms with van der Waals surface area (Å²) in [6, 6.07) is 7.27. The minimum atomic E-state index is -1.01. The lowest BCUT2D eigenvalue weighted by atomic mass is 9.96. The number of aliphatic hydroxyl groups is 1. The number of ketones is 1. The predicted octanol–water partition coefficient (Wildman–Crippen LogP) is 2.51. The maximum absolute atomic E-state index is 13.2. The monoisotopic (exact) mass is 384 g/mol. The molecule has 0 radical (unpaired) electrons. The Kier molecular flexibility index (Phi) is 5.49. The predicted molar refractivity (Wildman–Crippen MR) is 96.5 cm³/mol. The summed E-state index contributed by atoms with van der Waals surface area (Å²) < 4.78 is 13.2. The van der Waals surface area contributed by atoms with Crippen LogP contribution in [-0.2, 0) is 14.4 Å². The van der Waals surface area contributed by atoms with Crippen LogP contribution in [0, 0.1) is 5.82 Å². The molecule has 1 saturated heterocycles. The summed E-state index contributed by atoms with van der Waals surface area (Å²) in [6.45, 7) is 0.0244. The Labute approximate surface area is 159 Å². The number of amides is 1. The number of likely N-dealkylation sites (tertiary alicyclic amines) is 1. The van der Waals surface area contributed by atoms with Gasteiger partial charge in [0.05, 0.1) is 11.6 Å². The number of aliphatic hydroxyl groups excluding tert-OH is 1. The summed E-state index contributed by atoms with van der Waals surface area (Å²) >= 11 is 0. The van der Waals surface area contributed by atoms with Gasteiger partial charge in [-0.25, -0.2) is 4.39 Å². The van der Waals surface area contributed by atoms with Gasteiger partial charge in [0.15, 0.2) is 0 Å². The fourth-order valence-electron chi connectivity index (χ4n) is 3.16. The first-order chi connectivity index (χ1) is 13.4. The highest BCUT2D eigenvalue weighted by Gasteiger charge is 2.45. The van der Waals surface area contributed by atoms with Crippen molar-refractivity contribution in [2.45, 2.75) is 18.9 Å². The van der Waals surface area contributed by atoms with Crippen LogP contribution in [0.3, 0.4) is 0 Å². The van der Waals surface area contributed by atoms with Crippen LogP contribution in [0.25, 0.3) is 5.76 Å². The average Bonchev–Trinajstić information content (AvgIpc) is 2.93. The van der Waals surface area contributed by atoms with Gasteiger partial charge in [-0.1, -0.05) is 6.07 Å². The number of carboxylic acid groups (broad SMARTS) is 1. The highest BCUT2D eigenvalue weighted by molar-refractivity contribution is 6.46. The van der Waals surface area contributed by atoms with E-state index in [1.54, 1.807) is 12.1 Å². The summed E-state index contributed by atoms with van der Waals surface area (Å²) in [5.41, 5.74) is 0.555. The largest absolute Gasteiger partial charge is 0.507 e. The van der Waals surface area contributed by atoms with Crippen molar-refractivity contribution in [3.8, 4) is 0 Å². The van der Waals surface area contributed by atoms with Crippen LogP contribution in [0.1, 0.15) is 30.0 Å². The van der Waals surface area contributed by atoms with Crippen molar-refractivity contribution in [1.29, 1.82) is 0 Å². The minimum Gasteiger partial charge on any atom is -0.507 e. The molecule has 3 rings (SSSR count). The van der Waals surface area contributed by atoms with Gasteiger partial charge >= 0.3 is 5.97 Å². The zero-order valence-electron chi connectivity index (χ0n) is 14.7. The molecular formula is C20H17FN2O5. The third-order valence-corrected chi connectivity index (χ3v) is 4.45. The Morgan fingerprint density at radius 2 is 1.86 bits per heavy atom. The van der Waals surface area contributed by atoms with E-state index in [2.05, 4.69) is 4.98 Å². The normalized spacial score (nSPS) is 18.5. The molecule has 2 N–H and O–H groups in total. The number of aromatic nitrogens is 1. The molecule has 2 aromatic rings. The van der Waals surface area contributed by atoms with Gasteiger partial charge in [0, 0.05) is 30.9 Å². The highest BCUT2D eigenvalue weighted by atomic mass is 19.1. The van der Waals surface area contributed by atoms with Crippen LogP contribution in [0.2, 0.25) is 0 Å². The Morgan fingerprint density at radius 1 is 1.14 bits per heavy atom. The Hall–Kier alpha value is -3.55. The van der Waals surface area contributed by atoms with Gasteiger partial charge < -0.3 is 15.1 Å². The molecular weight excluding hydrogens is 367 g/mol. The van der Waals surface area contributed by atoms with Gasteiger partial charge in [-0.2, -0.15) is 0 Å². The van der Waals surface area contributed by atoms with Gasteiger partial charge in [-0.15, -0.1) is 0 Å². The summed E-state index contributed by atoms with van der Waals surface area (Å²) in [5, 5.41) is 19.5. The molecule has 7 nitrogen and oxygen atoms in total. The number of benzene rings is 1. The topological polar surface area (TPSA) is 108 Å². The SMILES string of the molecule is O=C(O)CCCN1C(=O)C(=O)/C(=C(\O)c2ccc(F)cc2)C1c1cccnc1. The molecule has 0 bridgehead atoms. The zero-order chi connectivity index (χ0) is 20.3. The summed E-state index contributed by atoms with van der Waals surface area (Å²) in [6.07, 6.45) is 2.98. The molecule has 0 aliphatic carbocycles. The van der Waals surface area contributed by atoms with E-state index in [1.165, 1.54) is 29.4 Å². The second-order valence-corrected chi connectivity index (χ2v) is 6.28. The van der Waals surface area contributed by atoms with Crippen LogP contribution in [0.5, 0.6) is 0 Å². The van der Waals surface area contributed by atoms with Crippen molar-refractivity contribution in [2.75, 3.05) is 6.54 Å². The first kappa shape index (κ1) is 19.2. The average molecular weight is 384 g/mol. The fourth-order valence-corrected chi connectivity index (χ4v) is 3.16. The molecule has 8 heteroatoms. The summed E-state index contributed by atoms with van der Waals surface area (Å²) in [5.74, 6) is -3.66. The molecule has 0 saturated carbocycles. The second-order valence-electron chi connectivity index (χ2n) is 6.28. The molecule has 1 aliphatic heterocycles. The molecule has 1 aromatic carbocycles. The van der Waals surface area contributed by atoms with Crippen molar-refractivity contribution in [3.05, 3.63) is 71.3 Å². The smallest absolute Gasteiger partial charge is 0.303 e. The van der Waals surface area contributed by atoms with Crippen molar-refractivity contribution < 1.29 is 29.0 Å². The standard InChI is InChI=1S/C20H17FN2O5/c21-14-7-5-12(6-8-14)18(26)16-17(13-3-1-9-22-11-13)23(20(28)19(16)27)10-2-4-15(24)25/h1,3,5-9,11,17,26H,2,4,10H2,(H,24,25)/b18-16-. The van der Waals surface area contributed by atoms with E-state index < -0.39 is 35.3 Å². The van der Waals surface area contributed by atoms with Crippen LogP contribution in [-0.4, -0.2) is 44.3 Å². The van der Waals surface area contributed by atoms with Crippen LogP contribution in [0.4, 0.5) is 4.39 Å². The molecule has 2 heterocycles. The van der Waals surface area contributed by atoms with Crippen molar-refractivity contribution in [3.63, 3.8) is 0 Å². The van der Waals surface area contributed by atoms with E-state index in [1.807, 2.05) is 0 Å². The van der Waals surface area contributed by atoms with Gasteiger partial charge in [0.2, 0.25) is 0 Å². The number of pyridine rings is 1. The molecule has 1 unspecified atom stereocenters. The van der Waals surface area contributed by atoms with E-state index in [9.17, 15) is 23.9 Å². The number of rotatable bonds is 6. The molecule has 1 fully saturated rings. The van der Waals surface area contributed by atoms with E-state index >= 15 is 0 Å². The number of carbonyl (C=O) groups excluding carboxylic acids is 2. The Balaban J connectivity index is 2.07. The van der Waals surface area contributed by atoms with E-state index in [4.69, 9.17) is 5.11 Å². The van der Waals surface area contributed by atoms with Crippen molar-refractivity contribution in [2.24, 2.45) is 0 Å². The lowest BCUT2D eigenvalue weighted by Crippen LogP contribution is -2.31. The molecule has 144 valence electrons. The lowest BCUT2D eigenvalue weighted by molar-refractivity contribution is -0.140. The number of carboxylic acids is 1. The van der Waals surface area contributed by atoms with Gasteiger partial charge in [-0.05, 0) is 42.3 Å². The van der Waals surface area contributed by atoms with Crippen molar-refractivity contribution >= 4 is 23.4 Å². The lowest BCUT2D eigenvalue weighted by Gasteiger charge is -2.24. The third-order valence-electron chi connectivity index (χ3n) is 4.45. The number of aliphatic carboxylic acids is 1. The molecule has 1 aromatic heterocycles. The first-order valence-corrected chi connectivity index (χ1v) is 8.56. The van der Waals surface area contributed by atoms with E-state index in [0.717, 1.165) is 12.1 Å². The minimum absolute atomic E-state index is 0.0244. The molecule has 1 aliphatic rings. The molecule has 0 spiro atoms. The van der Waals surface area contributed by atoms with Crippen molar-refractivity contribution in [1.82, 2.24) is 9.88 Å². The number of nitrogens with zero attached hydrogens (tertiary/aromatic N) is 2. The van der Waals surface area contributed by atoms with E-state index in [0.29, 0.717) is 5.56 Å². The number of halogens is 1. The quantitative estimate of drug-likeness (QED) is 0.450. The van der Waals surface area contributed by atoms with Gasteiger partial charge in [-0.3, -0.25) is 19.4 Å². The Morgan fingerprint density at radius 3 is 2.46 bits per heavy atom.